The number of Topliss-reactive ketones (excluding diaryl/α,β-unsaturated/α-hetero) is 1. The van der Waals surface area contributed by atoms with E-state index >= 15 is 0 Å². The van der Waals surface area contributed by atoms with E-state index in [4.69, 9.17) is 5.73 Å². The van der Waals surface area contributed by atoms with E-state index in [2.05, 4.69) is 0 Å². The van der Waals surface area contributed by atoms with Crippen LogP contribution in [0.4, 0.5) is 0 Å². The van der Waals surface area contributed by atoms with Gasteiger partial charge >= 0.3 is 0 Å². The Morgan fingerprint density at radius 2 is 1.72 bits per heavy atom. The average molecular weight is 358 g/mol. The number of hydrogen-bond acceptors (Lipinski definition) is 4. The predicted molar refractivity (Wildman–Crippen MR) is 96.9 cm³/mol. The fourth-order valence-corrected chi connectivity index (χ4v) is 4.88. The summed E-state index contributed by atoms with van der Waals surface area (Å²) in [5.74, 6) is 0.101. The molecule has 1 saturated heterocycles. The third-order valence-electron chi connectivity index (χ3n) is 4.84. The second kappa shape index (κ2) is 7.07. The van der Waals surface area contributed by atoms with Crippen LogP contribution < -0.4 is 5.73 Å². The van der Waals surface area contributed by atoms with E-state index in [-0.39, 0.29) is 22.5 Å². The molecule has 1 fully saturated rings. The van der Waals surface area contributed by atoms with Crippen LogP contribution in [0.15, 0.2) is 59.5 Å². The number of rotatable bonds is 5. The zero-order valence-electron chi connectivity index (χ0n) is 14.1. The molecule has 6 heteroatoms. The molecule has 0 aromatic heterocycles. The quantitative estimate of drug-likeness (QED) is 0.831. The smallest absolute Gasteiger partial charge is 0.243 e. The molecule has 3 rings (SSSR count). The van der Waals surface area contributed by atoms with E-state index in [1.807, 2.05) is 30.3 Å². The van der Waals surface area contributed by atoms with Gasteiger partial charge in [-0.3, -0.25) is 4.79 Å². The molecule has 1 aliphatic heterocycles. The van der Waals surface area contributed by atoms with Gasteiger partial charge < -0.3 is 5.73 Å². The van der Waals surface area contributed by atoms with Crippen LogP contribution in [0.2, 0.25) is 0 Å². The Bertz CT molecular complexity index is 848. The fraction of sp³-hybridized carbons (Fsp3) is 0.316. The Balaban J connectivity index is 1.87. The van der Waals surface area contributed by atoms with Crippen molar-refractivity contribution in [2.24, 2.45) is 11.7 Å². The Morgan fingerprint density at radius 1 is 1.08 bits per heavy atom. The molecule has 0 amide bonds. The van der Waals surface area contributed by atoms with E-state index in [1.165, 1.54) is 23.4 Å². The monoisotopic (exact) mass is 358 g/mol. The number of carbonyl (C=O) groups is 1. The molecule has 1 heterocycles. The average Bonchev–Trinajstić information content (AvgIpc) is 3.08. The zero-order chi connectivity index (χ0) is 18.0. The van der Waals surface area contributed by atoms with Crippen molar-refractivity contribution < 1.29 is 13.2 Å². The summed E-state index contributed by atoms with van der Waals surface area (Å²) in [4.78, 5) is 11.6. The van der Waals surface area contributed by atoms with Crippen LogP contribution in [-0.4, -0.2) is 38.1 Å². The van der Waals surface area contributed by atoms with Crippen molar-refractivity contribution in [2.75, 3.05) is 19.6 Å². The topological polar surface area (TPSA) is 80.5 Å². The van der Waals surface area contributed by atoms with Crippen LogP contribution in [0.3, 0.4) is 0 Å². The van der Waals surface area contributed by atoms with E-state index < -0.39 is 10.0 Å². The zero-order valence-corrected chi connectivity index (χ0v) is 14.9. The molecule has 0 aliphatic carbocycles. The maximum atomic E-state index is 13.0. The van der Waals surface area contributed by atoms with Gasteiger partial charge in [-0.25, -0.2) is 8.42 Å². The second-order valence-electron chi connectivity index (χ2n) is 6.42. The first-order valence-electron chi connectivity index (χ1n) is 8.29. The lowest BCUT2D eigenvalue weighted by Crippen LogP contribution is -2.30. The standard InChI is InChI=1S/C19H22N2O3S/c1-14(22)15-7-9-18(10-8-15)25(23,24)21-12-17(11-20)19(13-21)16-5-3-2-4-6-16/h2-10,17,19H,11-13,20H2,1H3/t17-,19+/m1/s1. The van der Waals surface area contributed by atoms with Crippen LogP contribution in [0, 0.1) is 5.92 Å². The highest BCUT2D eigenvalue weighted by molar-refractivity contribution is 7.89. The lowest BCUT2D eigenvalue weighted by molar-refractivity contribution is 0.101. The van der Waals surface area contributed by atoms with Gasteiger partial charge in [-0.05, 0) is 37.1 Å². The van der Waals surface area contributed by atoms with Gasteiger partial charge in [0.25, 0.3) is 0 Å². The third-order valence-corrected chi connectivity index (χ3v) is 6.68. The van der Waals surface area contributed by atoms with Crippen molar-refractivity contribution in [3.8, 4) is 0 Å². The minimum absolute atomic E-state index is 0.0857. The molecular formula is C19H22N2O3S. The summed E-state index contributed by atoms with van der Waals surface area (Å²) >= 11 is 0. The summed E-state index contributed by atoms with van der Waals surface area (Å²) in [6.07, 6.45) is 0. The first kappa shape index (κ1) is 17.8. The van der Waals surface area contributed by atoms with Gasteiger partial charge in [0.15, 0.2) is 5.78 Å². The molecule has 0 saturated carbocycles. The number of sulfonamides is 1. The SMILES string of the molecule is CC(=O)c1ccc(S(=O)(=O)N2C[C@@H](CN)[C@H](c3ccccc3)C2)cc1. The molecule has 2 aromatic rings. The van der Waals surface area contributed by atoms with Gasteiger partial charge in [0.05, 0.1) is 4.90 Å². The maximum Gasteiger partial charge on any atom is 0.243 e. The molecule has 25 heavy (non-hydrogen) atoms. The third kappa shape index (κ3) is 3.51. The Labute approximate surface area is 148 Å². The summed E-state index contributed by atoms with van der Waals surface area (Å²) in [6.45, 7) is 2.73. The molecule has 132 valence electrons. The van der Waals surface area contributed by atoms with Gasteiger partial charge in [-0.15, -0.1) is 0 Å². The van der Waals surface area contributed by atoms with E-state index in [1.54, 1.807) is 12.1 Å². The molecule has 2 atom stereocenters. The van der Waals surface area contributed by atoms with Crippen molar-refractivity contribution in [1.29, 1.82) is 0 Å². The van der Waals surface area contributed by atoms with Crippen molar-refractivity contribution >= 4 is 15.8 Å². The second-order valence-corrected chi connectivity index (χ2v) is 8.35. The van der Waals surface area contributed by atoms with Gasteiger partial charge in [0.2, 0.25) is 10.0 Å². The van der Waals surface area contributed by atoms with Crippen molar-refractivity contribution in [1.82, 2.24) is 4.31 Å². The Hall–Kier alpha value is -2.02. The summed E-state index contributed by atoms with van der Waals surface area (Å²) in [5, 5.41) is 0. The molecule has 2 N–H and O–H groups in total. The van der Waals surface area contributed by atoms with Crippen LogP contribution in [0.5, 0.6) is 0 Å². The summed E-state index contributed by atoms with van der Waals surface area (Å²) < 4.78 is 27.4. The number of hydrogen-bond donors (Lipinski definition) is 1. The number of benzene rings is 2. The molecule has 0 radical (unpaired) electrons. The predicted octanol–water partition coefficient (Wildman–Crippen LogP) is 2.25. The largest absolute Gasteiger partial charge is 0.330 e. The van der Waals surface area contributed by atoms with Crippen molar-refractivity contribution in [2.45, 2.75) is 17.7 Å². The highest BCUT2D eigenvalue weighted by Crippen LogP contribution is 2.35. The van der Waals surface area contributed by atoms with Crippen LogP contribution in [-0.2, 0) is 10.0 Å². The van der Waals surface area contributed by atoms with Gasteiger partial charge in [0.1, 0.15) is 0 Å². The lowest BCUT2D eigenvalue weighted by Gasteiger charge is -2.17. The highest BCUT2D eigenvalue weighted by Gasteiger charge is 2.39. The van der Waals surface area contributed by atoms with Gasteiger partial charge in [-0.1, -0.05) is 42.5 Å². The van der Waals surface area contributed by atoms with Gasteiger partial charge in [0, 0.05) is 24.6 Å². The molecule has 5 nitrogen and oxygen atoms in total. The normalized spacial score (nSPS) is 21.4. The summed E-state index contributed by atoms with van der Waals surface area (Å²) in [7, 11) is -3.60. The lowest BCUT2D eigenvalue weighted by atomic mass is 9.89. The molecule has 0 bridgehead atoms. The summed E-state index contributed by atoms with van der Waals surface area (Å²) in [5.41, 5.74) is 7.52. The minimum atomic E-state index is -3.60. The molecule has 0 spiro atoms. The minimum Gasteiger partial charge on any atom is -0.330 e. The van der Waals surface area contributed by atoms with Crippen LogP contribution >= 0.6 is 0 Å². The first-order valence-corrected chi connectivity index (χ1v) is 9.73. The maximum absolute atomic E-state index is 13.0. The highest BCUT2D eigenvalue weighted by atomic mass is 32.2. The molecular weight excluding hydrogens is 336 g/mol. The number of ketones is 1. The number of nitrogens with zero attached hydrogens (tertiary/aromatic N) is 1. The van der Waals surface area contributed by atoms with E-state index in [0.717, 1.165) is 5.56 Å². The van der Waals surface area contributed by atoms with Crippen molar-refractivity contribution in [3.63, 3.8) is 0 Å². The Kier molecular flexibility index (Phi) is 5.03. The van der Waals surface area contributed by atoms with E-state index in [0.29, 0.717) is 25.2 Å². The fourth-order valence-electron chi connectivity index (χ4n) is 3.36. The first-order chi connectivity index (χ1) is 11.9. The number of nitrogens with two attached hydrogens (primary N) is 1. The van der Waals surface area contributed by atoms with Crippen molar-refractivity contribution in [3.05, 3.63) is 65.7 Å². The number of carbonyl (C=O) groups excluding carboxylic acids is 1. The Morgan fingerprint density at radius 3 is 2.28 bits per heavy atom. The molecule has 0 unspecified atom stereocenters. The molecule has 1 aliphatic rings. The van der Waals surface area contributed by atoms with Gasteiger partial charge in [-0.2, -0.15) is 4.31 Å². The van der Waals surface area contributed by atoms with Crippen LogP contribution in [0.25, 0.3) is 0 Å². The molecule has 2 aromatic carbocycles. The van der Waals surface area contributed by atoms with E-state index in [9.17, 15) is 13.2 Å². The van der Waals surface area contributed by atoms with Crippen LogP contribution in [0.1, 0.15) is 28.8 Å². The summed E-state index contributed by atoms with van der Waals surface area (Å²) in [6, 6.07) is 16.0.